The summed E-state index contributed by atoms with van der Waals surface area (Å²) in [6.07, 6.45) is 0.481. The van der Waals surface area contributed by atoms with Crippen LogP contribution in [0.5, 0.6) is 5.75 Å². The highest BCUT2D eigenvalue weighted by molar-refractivity contribution is 7.87. The Labute approximate surface area is 191 Å². The molecule has 0 radical (unpaired) electrons. The molecule has 1 saturated carbocycles. The zero-order valence-electron chi connectivity index (χ0n) is 18.2. The van der Waals surface area contributed by atoms with Crippen LogP contribution in [0.4, 0.5) is 30.4 Å². The maximum absolute atomic E-state index is 14.5. The summed E-state index contributed by atoms with van der Waals surface area (Å²) in [7, 11) is 0.741. The van der Waals surface area contributed by atoms with Gasteiger partial charge in [-0.3, -0.25) is 9.36 Å². The Hall–Kier alpha value is -3.27. The van der Waals surface area contributed by atoms with E-state index in [-0.39, 0.29) is 34.1 Å². The number of anilines is 3. The van der Waals surface area contributed by atoms with Crippen molar-refractivity contribution in [2.75, 3.05) is 17.1 Å². The number of ether oxygens (including phenoxy) is 1. The van der Waals surface area contributed by atoms with Gasteiger partial charge in [0.2, 0.25) is 0 Å². The lowest BCUT2D eigenvalue weighted by Crippen LogP contribution is -2.22. The van der Waals surface area contributed by atoms with Crippen LogP contribution in [0.25, 0.3) is 0 Å². The first kappa shape index (κ1) is 22.9. The number of hydrogen-bond donors (Lipinski definition) is 2. The summed E-state index contributed by atoms with van der Waals surface area (Å²) in [5.74, 6) is -1.87. The van der Waals surface area contributed by atoms with Crippen molar-refractivity contribution in [3.63, 3.8) is 0 Å². The van der Waals surface area contributed by atoms with E-state index in [2.05, 4.69) is 10.0 Å². The fourth-order valence-electron chi connectivity index (χ4n) is 3.72. The van der Waals surface area contributed by atoms with Crippen molar-refractivity contribution < 1.29 is 22.1 Å². The minimum atomic E-state index is -2.11. The number of methoxy groups -OCH3 is 1. The van der Waals surface area contributed by atoms with E-state index in [1.54, 1.807) is 13.0 Å². The summed E-state index contributed by atoms with van der Waals surface area (Å²) in [5.41, 5.74) is 1.10. The van der Waals surface area contributed by atoms with E-state index < -0.39 is 34.0 Å². The van der Waals surface area contributed by atoms with E-state index >= 15 is 0 Å². The maximum atomic E-state index is 14.5. The van der Waals surface area contributed by atoms with Crippen molar-refractivity contribution in [1.29, 1.82) is 0 Å². The van der Waals surface area contributed by atoms with Gasteiger partial charge in [0, 0.05) is 31.5 Å². The SMILES string of the molecule is COc1cc(=O)n(C)c(Nc2ccc(C)cc2F)c1N[SH+](=O)C1CC1c1cc(F)cc(F)c1. The van der Waals surface area contributed by atoms with Crippen LogP contribution in [0.1, 0.15) is 23.5 Å². The quantitative estimate of drug-likeness (QED) is 0.389. The molecule has 0 bridgehead atoms. The van der Waals surface area contributed by atoms with Crippen LogP contribution in [0.3, 0.4) is 0 Å². The zero-order valence-corrected chi connectivity index (χ0v) is 19.1. The smallest absolute Gasteiger partial charge is 0.255 e. The molecule has 3 unspecified atom stereocenters. The molecule has 0 amide bonds. The second-order valence-electron chi connectivity index (χ2n) is 7.99. The standard InChI is InChI=1S/C23H22F3N3O3S/c1-12-4-5-18(17(26)6-12)27-23-22(19(32-3)11-21(30)29(23)2)28-33(31)20-10-16(20)13-7-14(24)9-15(25)8-13/h4-9,11,16,20,27H,10H2,1-3H3,(H,28,31)/p+1. The Kier molecular flexibility index (Phi) is 6.20. The van der Waals surface area contributed by atoms with Crippen molar-refractivity contribution in [2.24, 2.45) is 7.05 Å². The number of halogens is 3. The lowest BCUT2D eigenvalue weighted by Gasteiger charge is -2.18. The van der Waals surface area contributed by atoms with Crippen molar-refractivity contribution in [3.05, 3.63) is 81.4 Å². The third-order valence-corrected chi connectivity index (χ3v) is 7.21. The van der Waals surface area contributed by atoms with Gasteiger partial charge in [0.25, 0.3) is 5.56 Å². The monoisotopic (exact) mass is 478 g/mol. The molecule has 174 valence electrons. The third-order valence-electron chi connectivity index (χ3n) is 5.59. The molecular formula is C23H23F3N3O3S+. The van der Waals surface area contributed by atoms with Crippen LogP contribution in [0.15, 0.2) is 47.3 Å². The maximum Gasteiger partial charge on any atom is 0.255 e. The van der Waals surface area contributed by atoms with Crippen LogP contribution in [-0.4, -0.2) is 16.9 Å². The summed E-state index contributed by atoms with van der Waals surface area (Å²) in [6, 6.07) is 9.08. The van der Waals surface area contributed by atoms with Gasteiger partial charge in [-0.2, -0.15) is 0 Å². The van der Waals surface area contributed by atoms with Crippen LogP contribution in [0, 0.1) is 24.4 Å². The van der Waals surface area contributed by atoms with Gasteiger partial charge >= 0.3 is 0 Å². The second-order valence-corrected chi connectivity index (χ2v) is 9.53. The van der Waals surface area contributed by atoms with Crippen molar-refractivity contribution in [3.8, 4) is 5.75 Å². The molecule has 1 aromatic heterocycles. The highest BCUT2D eigenvalue weighted by Crippen LogP contribution is 2.46. The van der Waals surface area contributed by atoms with E-state index in [1.807, 2.05) is 0 Å². The van der Waals surface area contributed by atoms with Crippen molar-refractivity contribution in [2.45, 2.75) is 24.5 Å². The number of aromatic nitrogens is 1. The Morgan fingerprint density at radius 1 is 1.09 bits per heavy atom. The van der Waals surface area contributed by atoms with Gasteiger partial charge in [0.1, 0.15) is 28.5 Å². The molecule has 1 aliphatic rings. The molecule has 1 fully saturated rings. The lowest BCUT2D eigenvalue weighted by molar-refractivity contribution is 0.415. The zero-order chi connectivity index (χ0) is 23.9. The number of thiol groups is 1. The minimum absolute atomic E-state index is 0.127. The molecule has 10 heteroatoms. The number of hydrogen-bond acceptors (Lipinski definition) is 4. The average Bonchev–Trinajstić information content (AvgIpc) is 3.55. The molecule has 2 aromatic carbocycles. The Bertz CT molecular complexity index is 1290. The van der Waals surface area contributed by atoms with E-state index in [4.69, 9.17) is 4.74 Å². The first-order valence-electron chi connectivity index (χ1n) is 10.2. The molecule has 3 aromatic rings. The Morgan fingerprint density at radius 3 is 2.42 bits per heavy atom. The molecule has 2 N–H and O–H groups in total. The molecule has 0 saturated heterocycles. The number of pyridine rings is 1. The first-order valence-corrected chi connectivity index (χ1v) is 11.5. The van der Waals surface area contributed by atoms with E-state index in [0.29, 0.717) is 12.0 Å². The van der Waals surface area contributed by atoms with Crippen molar-refractivity contribution >= 4 is 28.2 Å². The topological polar surface area (TPSA) is 72.4 Å². The van der Waals surface area contributed by atoms with Crippen LogP contribution in [-0.2, 0) is 22.2 Å². The lowest BCUT2D eigenvalue weighted by atomic mass is 10.1. The molecule has 6 nitrogen and oxygen atoms in total. The number of nitrogens with one attached hydrogen (secondary N) is 2. The first-order chi connectivity index (χ1) is 15.7. The van der Waals surface area contributed by atoms with Gasteiger partial charge in [0.15, 0.2) is 22.4 Å². The van der Waals surface area contributed by atoms with E-state index in [1.165, 1.54) is 49.1 Å². The van der Waals surface area contributed by atoms with Gasteiger partial charge in [-0.05, 0) is 42.3 Å². The Morgan fingerprint density at radius 2 is 1.79 bits per heavy atom. The summed E-state index contributed by atoms with van der Waals surface area (Å²) in [4.78, 5) is 12.4. The van der Waals surface area contributed by atoms with Crippen LogP contribution < -0.4 is 20.3 Å². The predicted molar refractivity (Wildman–Crippen MR) is 123 cm³/mol. The normalized spacial score (nSPS) is 18.0. The molecule has 4 rings (SSSR count). The molecule has 1 aliphatic carbocycles. The molecule has 0 aliphatic heterocycles. The molecular weight excluding hydrogens is 455 g/mol. The number of rotatable bonds is 7. The minimum Gasteiger partial charge on any atom is -0.494 e. The largest absolute Gasteiger partial charge is 0.494 e. The molecule has 3 atom stereocenters. The van der Waals surface area contributed by atoms with Gasteiger partial charge in [0.05, 0.1) is 12.8 Å². The van der Waals surface area contributed by atoms with E-state index in [9.17, 15) is 22.2 Å². The fourth-order valence-corrected chi connectivity index (χ4v) is 5.24. The average molecular weight is 479 g/mol. The Balaban J connectivity index is 1.65. The third kappa shape index (κ3) is 4.75. The predicted octanol–water partition coefficient (Wildman–Crippen LogP) is 4.44. The van der Waals surface area contributed by atoms with Crippen LogP contribution in [0.2, 0.25) is 0 Å². The fraction of sp³-hybridized carbons (Fsp3) is 0.261. The van der Waals surface area contributed by atoms with Gasteiger partial charge in [-0.15, -0.1) is 0 Å². The number of nitrogens with zero attached hydrogens (tertiary/aromatic N) is 1. The van der Waals surface area contributed by atoms with Gasteiger partial charge in [-0.1, -0.05) is 10.3 Å². The number of aryl methyl sites for hydroxylation is 1. The second kappa shape index (κ2) is 8.93. The summed E-state index contributed by atoms with van der Waals surface area (Å²) in [6.45, 7) is 1.75. The summed E-state index contributed by atoms with van der Waals surface area (Å²) >= 11 is 0. The molecule has 0 spiro atoms. The number of benzene rings is 2. The van der Waals surface area contributed by atoms with Gasteiger partial charge in [-0.25, -0.2) is 17.9 Å². The molecule has 33 heavy (non-hydrogen) atoms. The van der Waals surface area contributed by atoms with Gasteiger partial charge < -0.3 is 10.1 Å². The highest BCUT2D eigenvalue weighted by Gasteiger charge is 2.49. The highest BCUT2D eigenvalue weighted by atomic mass is 32.2. The van der Waals surface area contributed by atoms with Crippen LogP contribution >= 0.6 is 0 Å². The van der Waals surface area contributed by atoms with E-state index in [0.717, 1.165) is 11.6 Å². The summed E-state index contributed by atoms with van der Waals surface area (Å²) in [5, 5.41) is 2.52. The van der Waals surface area contributed by atoms with Crippen molar-refractivity contribution in [1.82, 2.24) is 4.57 Å². The molecule has 1 heterocycles. The summed E-state index contributed by atoms with van der Waals surface area (Å²) < 4.78 is 64.2.